The summed E-state index contributed by atoms with van der Waals surface area (Å²) in [6.07, 6.45) is 20.9. The molecule has 0 aliphatic rings. The summed E-state index contributed by atoms with van der Waals surface area (Å²) in [5.74, 6) is 0.204. The molecule has 1 aromatic rings. The van der Waals surface area contributed by atoms with Gasteiger partial charge < -0.3 is 5.11 Å². The molecule has 0 aliphatic carbocycles. The number of nitrogens with zero attached hydrogens (tertiary/aromatic N) is 2. The summed E-state index contributed by atoms with van der Waals surface area (Å²) in [5.41, 5.74) is -0.0983. The highest BCUT2D eigenvalue weighted by Crippen LogP contribution is 2.12. The maximum absolute atomic E-state index is 11.7. The molecular weight excluding hydrogens is 366 g/mol. The average Bonchev–Trinajstić information content (AvgIpc) is 3.04. The van der Waals surface area contributed by atoms with Gasteiger partial charge in [0.05, 0.1) is 0 Å². The second-order valence-electron chi connectivity index (χ2n) is 8.24. The molecule has 0 saturated carbocycles. The number of allylic oxidation sites excluding steroid dienone is 2. The minimum Gasteiger partial charge on any atom is -0.481 e. The predicted octanol–water partition coefficient (Wildman–Crippen LogP) is 5.80. The molecule has 0 aromatic carbocycles. The van der Waals surface area contributed by atoms with E-state index in [2.05, 4.69) is 22.3 Å². The molecule has 1 heterocycles. The first kappa shape index (κ1) is 25.2. The minimum absolute atomic E-state index is 0.0983. The Morgan fingerprint density at radius 2 is 1.45 bits per heavy atom. The van der Waals surface area contributed by atoms with Gasteiger partial charge in [-0.2, -0.15) is 5.10 Å². The third-order valence-corrected chi connectivity index (χ3v) is 5.24. The molecule has 0 atom stereocenters. The zero-order valence-electron chi connectivity index (χ0n) is 18.5. The molecule has 0 amide bonds. The van der Waals surface area contributed by atoms with E-state index in [0.29, 0.717) is 6.42 Å². The van der Waals surface area contributed by atoms with Crippen molar-refractivity contribution in [3.63, 3.8) is 0 Å². The van der Waals surface area contributed by atoms with Crippen LogP contribution in [0, 0.1) is 0 Å². The first-order valence-electron chi connectivity index (χ1n) is 11.5. The largest absolute Gasteiger partial charge is 0.481 e. The molecule has 0 unspecified atom stereocenters. The van der Waals surface area contributed by atoms with Crippen molar-refractivity contribution in [3.05, 3.63) is 28.5 Å². The number of unbranched alkanes of at least 4 members (excludes halogenated alkanes) is 11. The fourth-order valence-electron chi connectivity index (χ4n) is 3.60. The van der Waals surface area contributed by atoms with Gasteiger partial charge in [-0.1, -0.05) is 57.1 Å². The lowest BCUT2D eigenvalue weighted by Crippen LogP contribution is -2.20. The molecule has 6 heteroatoms. The van der Waals surface area contributed by atoms with Crippen molar-refractivity contribution in [2.24, 2.45) is 0 Å². The summed E-state index contributed by atoms with van der Waals surface area (Å²) >= 11 is 0. The van der Waals surface area contributed by atoms with Gasteiger partial charge in [-0.3, -0.25) is 9.36 Å². The maximum Gasteiger partial charge on any atom is 0.343 e. The first-order valence-corrected chi connectivity index (χ1v) is 11.5. The van der Waals surface area contributed by atoms with Crippen LogP contribution in [0.1, 0.15) is 116 Å². The van der Waals surface area contributed by atoms with Gasteiger partial charge in [-0.25, -0.2) is 9.89 Å². The Balaban J connectivity index is 1.88. The number of aryl methyl sites for hydroxylation is 1. The lowest BCUT2D eigenvalue weighted by Gasteiger charge is -2.08. The van der Waals surface area contributed by atoms with Crippen LogP contribution in [0.3, 0.4) is 0 Å². The standard InChI is InChI=1S/C23H41N3O3/c1-20(2)26-21(24-25-23(26)29)18-16-14-12-10-8-6-4-3-5-7-9-11-13-15-17-19-22(27)28/h3,5,20H,4,6-19H2,1-2H3,(H,25,29)(H,27,28)/b5-3-. The van der Waals surface area contributed by atoms with Gasteiger partial charge in [0.25, 0.3) is 0 Å². The molecule has 0 spiro atoms. The Hall–Kier alpha value is -1.85. The number of carbonyl (C=O) groups is 1. The molecule has 1 rings (SSSR count). The van der Waals surface area contributed by atoms with E-state index < -0.39 is 5.97 Å². The molecule has 6 nitrogen and oxygen atoms in total. The van der Waals surface area contributed by atoms with E-state index >= 15 is 0 Å². The summed E-state index contributed by atoms with van der Waals surface area (Å²) in [4.78, 5) is 22.1. The monoisotopic (exact) mass is 407 g/mol. The molecule has 166 valence electrons. The van der Waals surface area contributed by atoms with Crippen LogP contribution in [0.25, 0.3) is 0 Å². The number of aromatic amines is 1. The molecule has 29 heavy (non-hydrogen) atoms. The Morgan fingerprint density at radius 3 is 2.00 bits per heavy atom. The van der Waals surface area contributed by atoms with E-state index in [0.717, 1.165) is 44.3 Å². The zero-order chi connectivity index (χ0) is 21.3. The van der Waals surface area contributed by atoms with Crippen molar-refractivity contribution in [3.8, 4) is 0 Å². The van der Waals surface area contributed by atoms with Crippen molar-refractivity contribution in [2.75, 3.05) is 0 Å². The van der Waals surface area contributed by atoms with E-state index in [-0.39, 0.29) is 11.7 Å². The van der Waals surface area contributed by atoms with Gasteiger partial charge in [-0.05, 0) is 52.4 Å². The van der Waals surface area contributed by atoms with Crippen LogP contribution in [0.4, 0.5) is 0 Å². The molecule has 0 radical (unpaired) electrons. The molecule has 0 saturated heterocycles. The number of nitrogens with one attached hydrogen (secondary N) is 1. The summed E-state index contributed by atoms with van der Waals surface area (Å²) in [5, 5.41) is 15.3. The van der Waals surface area contributed by atoms with E-state index in [9.17, 15) is 9.59 Å². The van der Waals surface area contributed by atoms with Crippen LogP contribution >= 0.6 is 0 Å². The van der Waals surface area contributed by atoms with E-state index in [4.69, 9.17) is 5.11 Å². The molecule has 1 aromatic heterocycles. The van der Waals surface area contributed by atoms with Crippen LogP contribution in [0.5, 0.6) is 0 Å². The van der Waals surface area contributed by atoms with Crippen LogP contribution in [0.2, 0.25) is 0 Å². The van der Waals surface area contributed by atoms with Gasteiger partial charge in [0.15, 0.2) is 0 Å². The van der Waals surface area contributed by atoms with Crippen molar-refractivity contribution in [1.29, 1.82) is 0 Å². The SMILES string of the molecule is CC(C)n1c(CCCCCCCC/C=C\CCCCCCCC(=O)O)n[nH]c1=O. The molecule has 2 N–H and O–H groups in total. The fourth-order valence-corrected chi connectivity index (χ4v) is 3.60. The molecule has 0 fully saturated rings. The number of H-pyrrole nitrogens is 1. The highest BCUT2D eigenvalue weighted by atomic mass is 16.4. The second kappa shape index (κ2) is 16.0. The molecule has 0 aliphatic heterocycles. The van der Waals surface area contributed by atoms with Gasteiger partial charge in [0, 0.05) is 18.9 Å². The fraction of sp³-hybridized carbons (Fsp3) is 0.783. The van der Waals surface area contributed by atoms with Crippen LogP contribution in [0.15, 0.2) is 16.9 Å². The zero-order valence-corrected chi connectivity index (χ0v) is 18.5. The highest BCUT2D eigenvalue weighted by Gasteiger charge is 2.10. The topological polar surface area (TPSA) is 88.0 Å². The summed E-state index contributed by atoms with van der Waals surface area (Å²) in [6, 6.07) is 0.160. The maximum atomic E-state index is 11.7. The molecular formula is C23H41N3O3. The lowest BCUT2D eigenvalue weighted by atomic mass is 10.1. The second-order valence-corrected chi connectivity index (χ2v) is 8.24. The Kier molecular flexibility index (Phi) is 13.9. The Morgan fingerprint density at radius 1 is 0.931 bits per heavy atom. The van der Waals surface area contributed by atoms with E-state index in [1.165, 1.54) is 51.4 Å². The highest BCUT2D eigenvalue weighted by molar-refractivity contribution is 5.66. The number of hydrogen-bond donors (Lipinski definition) is 2. The van der Waals surface area contributed by atoms with Crippen LogP contribution in [-0.4, -0.2) is 25.8 Å². The average molecular weight is 408 g/mol. The van der Waals surface area contributed by atoms with Crippen LogP contribution in [-0.2, 0) is 11.2 Å². The summed E-state index contributed by atoms with van der Waals surface area (Å²) in [6.45, 7) is 4.03. The quantitative estimate of drug-likeness (QED) is 0.238. The number of aliphatic carboxylic acids is 1. The summed E-state index contributed by atoms with van der Waals surface area (Å²) < 4.78 is 1.76. The normalized spacial score (nSPS) is 11.7. The number of carboxylic acids is 1. The van der Waals surface area contributed by atoms with Crippen LogP contribution < -0.4 is 5.69 Å². The van der Waals surface area contributed by atoms with Gasteiger partial charge >= 0.3 is 11.7 Å². The minimum atomic E-state index is -0.680. The van der Waals surface area contributed by atoms with Crippen molar-refractivity contribution >= 4 is 5.97 Å². The summed E-state index contributed by atoms with van der Waals surface area (Å²) in [7, 11) is 0. The van der Waals surface area contributed by atoms with Crippen molar-refractivity contribution in [1.82, 2.24) is 14.8 Å². The third-order valence-electron chi connectivity index (χ3n) is 5.24. The number of rotatable bonds is 18. The first-order chi connectivity index (χ1) is 14.0. The van der Waals surface area contributed by atoms with Gasteiger partial charge in [0.2, 0.25) is 0 Å². The van der Waals surface area contributed by atoms with E-state index in [1.54, 1.807) is 4.57 Å². The number of carboxylic acid groups (broad SMARTS) is 1. The van der Waals surface area contributed by atoms with Gasteiger partial charge in [-0.15, -0.1) is 0 Å². The smallest absolute Gasteiger partial charge is 0.343 e. The number of aromatic nitrogens is 3. The Bertz CT molecular complexity index is 632. The third kappa shape index (κ3) is 12.3. The van der Waals surface area contributed by atoms with Crippen molar-refractivity contribution in [2.45, 2.75) is 116 Å². The Labute approximate surface area is 175 Å². The van der Waals surface area contributed by atoms with Crippen molar-refractivity contribution < 1.29 is 9.90 Å². The predicted molar refractivity (Wildman–Crippen MR) is 118 cm³/mol. The number of hydrogen-bond acceptors (Lipinski definition) is 3. The van der Waals surface area contributed by atoms with E-state index in [1.807, 2.05) is 13.8 Å². The van der Waals surface area contributed by atoms with Gasteiger partial charge in [0.1, 0.15) is 5.82 Å². The molecule has 0 bridgehead atoms. The lowest BCUT2D eigenvalue weighted by molar-refractivity contribution is -0.137.